The number of carbonyl (C=O) groups is 1. The first-order valence-electron chi connectivity index (χ1n) is 10.0. The molecule has 0 saturated carbocycles. The van der Waals surface area contributed by atoms with E-state index in [2.05, 4.69) is 26.0 Å². The average molecular weight is 517 g/mol. The molecule has 6 nitrogen and oxygen atoms in total. The van der Waals surface area contributed by atoms with Crippen LogP contribution in [-0.2, 0) is 16.4 Å². The quantitative estimate of drug-likeness (QED) is 0.448. The second-order valence-corrected chi connectivity index (χ2v) is 10.0. The molecule has 3 aromatic rings. The number of carbonyl (C=O) groups excluding carboxylic acids is 1. The van der Waals surface area contributed by atoms with E-state index >= 15 is 0 Å². The molecule has 0 atom stereocenters. The van der Waals surface area contributed by atoms with Gasteiger partial charge in [-0.05, 0) is 67.3 Å². The van der Waals surface area contributed by atoms with Crippen LogP contribution in [-0.4, -0.2) is 28.0 Å². The summed E-state index contributed by atoms with van der Waals surface area (Å²) in [7, 11) is -2.49. The van der Waals surface area contributed by atoms with Gasteiger partial charge in [-0.25, -0.2) is 13.1 Å². The number of amides is 1. The van der Waals surface area contributed by atoms with Gasteiger partial charge in [0.1, 0.15) is 10.6 Å². The maximum Gasteiger partial charge on any atom is 0.255 e. The fourth-order valence-corrected chi connectivity index (χ4v) is 5.29. The maximum absolute atomic E-state index is 13.0. The Morgan fingerprint density at radius 2 is 1.66 bits per heavy atom. The highest BCUT2D eigenvalue weighted by Crippen LogP contribution is 2.28. The first-order chi connectivity index (χ1) is 15.2. The van der Waals surface area contributed by atoms with Gasteiger partial charge in [-0.1, -0.05) is 46.3 Å². The topological polar surface area (TPSA) is 84.5 Å². The number of benzene rings is 3. The van der Waals surface area contributed by atoms with Crippen LogP contribution in [0.4, 0.5) is 5.69 Å². The molecular weight excluding hydrogens is 492 g/mol. The molecule has 0 spiro atoms. The van der Waals surface area contributed by atoms with Crippen LogP contribution < -0.4 is 14.8 Å². The Labute approximate surface area is 197 Å². The van der Waals surface area contributed by atoms with Crippen molar-refractivity contribution in [3.05, 3.63) is 87.4 Å². The largest absolute Gasteiger partial charge is 0.495 e. The summed E-state index contributed by atoms with van der Waals surface area (Å²) in [5.41, 5.74) is 3.73. The predicted molar refractivity (Wildman–Crippen MR) is 130 cm³/mol. The molecule has 0 aliphatic carbocycles. The third-order valence-corrected chi connectivity index (χ3v) is 6.94. The van der Waals surface area contributed by atoms with Crippen LogP contribution in [0.15, 0.2) is 70.0 Å². The third-order valence-electron chi connectivity index (χ3n) is 5.00. The van der Waals surface area contributed by atoms with Gasteiger partial charge in [0.25, 0.3) is 5.91 Å². The summed E-state index contributed by atoms with van der Waals surface area (Å²) in [6.45, 7) is 4.02. The first kappa shape index (κ1) is 24.0. The lowest BCUT2D eigenvalue weighted by molar-refractivity contribution is 0.102. The molecule has 0 bridgehead atoms. The summed E-state index contributed by atoms with van der Waals surface area (Å²) < 4.78 is 34.7. The lowest BCUT2D eigenvalue weighted by Gasteiger charge is -2.15. The monoisotopic (exact) mass is 516 g/mol. The van der Waals surface area contributed by atoms with Crippen LogP contribution in [0.2, 0.25) is 0 Å². The number of ether oxygens (including phenoxy) is 1. The van der Waals surface area contributed by atoms with Crippen LogP contribution in [0, 0.1) is 13.8 Å². The molecule has 0 aliphatic rings. The Morgan fingerprint density at radius 1 is 1.00 bits per heavy atom. The smallest absolute Gasteiger partial charge is 0.255 e. The summed E-state index contributed by atoms with van der Waals surface area (Å²) in [5.74, 6) is -0.230. The highest BCUT2D eigenvalue weighted by Gasteiger charge is 2.22. The lowest BCUT2D eigenvalue weighted by Crippen LogP contribution is -2.27. The SMILES string of the molecule is COc1ccc(C(=O)Nc2c(C)cc(Br)cc2C)cc1S(=O)(=O)NCCc1ccccc1. The Morgan fingerprint density at radius 3 is 2.28 bits per heavy atom. The van der Waals surface area contributed by atoms with Crippen molar-refractivity contribution in [1.29, 1.82) is 0 Å². The Bertz CT molecular complexity index is 1200. The molecule has 0 radical (unpaired) electrons. The fourth-order valence-electron chi connectivity index (χ4n) is 3.37. The molecule has 32 heavy (non-hydrogen) atoms. The minimum absolute atomic E-state index is 0.0787. The minimum atomic E-state index is -3.89. The van der Waals surface area contributed by atoms with Crippen LogP contribution >= 0.6 is 15.9 Å². The highest BCUT2D eigenvalue weighted by molar-refractivity contribution is 9.10. The van der Waals surface area contributed by atoms with Gasteiger partial charge >= 0.3 is 0 Å². The number of methoxy groups -OCH3 is 1. The number of sulfonamides is 1. The second kappa shape index (κ2) is 10.3. The molecule has 8 heteroatoms. The third kappa shape index (κ3) is 5.76. The van der Waals surface area contributed by atoms with Gasteiger partial charge in [0.2, 0.25) is 10.0 Å². The van der Waals surface area contributed by atoms with E-state index in [1.165, 1.54) is 19.2 Å². The minimum Gasteiger partial charge on any atom is -0.495 e. The van der Waals surface area contributed by atoms with Crippen LogP contribution in [0.25, 0.3) is 0 Å². The second-order valence-electron chi connectivity index (χ2n) is 7.37. The number of rotatable bonds is 8. The van der Waals surface area contributed by atoms with E-state index in [1.807, 2.05) is 56.3 Å². The van der Waals surface area contributed by atoms with Gasteiger partial charge in [-0.15, -0.1) is 0 Å². The van der Waals surface area contributed by atoms with Crippen molar-refractivity contribution in [2.24, 2.45) is 0 Å². The van der Waals surface area contributed by atoms with Crippen LogP contribution in [0.1, 0.15) is 27.0 Å². The van der Waals surface area contributed by atoms with Gasteiger partial charge < -0.3 is 10.1 Å². The molecule has 168 valence electrons. The summed E-state index contributed by atoms with van der Waals surface area (Å²) >= 11 is 3.44. The number of hydrogen-bond acceptors (Lipinski definition) is 4. The van der Waals surface area contributed by atoms with E-state index < -0.39 is 15.9 Å². The highest BCUT2D eigenvalue weighted by atomic mass is 79.9. The van der Waals surface area contributed by atoms with Crippen molar-refractivity contribution in [3.63, 3.8) is 0 Å². The zero-order valence-corrected chi connectivity index (χ0v) is 20.5. The van der Waals surface area contributed by atoms with Gasteiger partial charge in [0, 0.05) is 22.3 Å². The number of aryl methyl sites for hydroxylation is 2. The van der Waals surface area contributed by atoms with Gasteiger partial charge in [0.15, 0.2) is 0 Å². The van der Waals surface area contributed by atoms with E-state index in [4.69, 9.17) is 4.74 Å². The molecule has 0 heterocycles. The average Bonchev–Trinajstić information content (AvgIpc) is 2.76. The molecular formula is C24H25BrN2O4S. The summed E-state index contributed by atoms with van der Waals surface area (Å²) in [6, 6.07) is 17.8. The predicted octanol–water partition coefficient (Wildman–Crippen LogP) is 4.85. The normalized spacial score (nSPS) is 11.2. The standard InChI is InChI=1S/C24H25BrN2O4S/c1-16-13-20(25)14-17(2)23(16)27-24(28)19-9-10-21(31-3)22(15-19)32(29,30)26-12-11-18-7-5-4-6-8-18/h4-10,13-15,26H,11-12H2,1-3H3,(H,27,28). The van der Waals surface area contributed by atoms with Gasteiger partial charge in [-0.3, -0.25) is 4.79 Å². The number of hydrogen-bond donors (Lipinski definition) is 2. The van der Waals surface area contributed by atoms with Crippen molar-refractivity contribution < 1.29 is 17.9 Å². The molecule has 3 rings (SSSR count). The molecule has 0 unspecified atom stereocenters. The van der Waals surface area contributed by atoms with E-state index in [1.54, 1.807) is 6.07 Å². The van der Waals surface area contributed by atoms with E-state index in [-0.39, 0.29) is 22.8 Å². The Hall–Kier alpha value is -2.68. The van der Waals surface area contributed by atoms with E-state index in [0.29, 0.717) is 12.1 Å². The molecule has 0 aromatic heterocycles. The van der Waals surface area contributed by atoms with Crippen molar-refractivity contribution in [2.45, 2.75) is 25.2 Å². The summed E-state index contributed by atoms with van der Waals surface area (Å²) in [6.07, 6.45) is 0.546. The summed E-state index contributed by atoms with van der Waals surface area (Å²) in [4.78, 5) is 12.8. The maximum atomic E-state index is 13.0. The molecule has 2 N–H and O–H groups in total. The van der Waals surface area contributed by atoms with Crippen LogP contribution in [0.3, 0.4) is 0 Å². The van der Waals surface area contributed by atoms with E-state index in [9.17, 15) is 13.2 Å². The van der Waals surface area contributed by atoms with Crippen molar-refractivity contribution in [1.82, 2.24) is 4.72 Å². The Balaban J connectivity index is 1.82. The Kier molecular flexibility index (Phi) is 7.71. The molecule has 0 fully saturated rings. The molecule has 0 aliphatic heterocycles. The van der Waals surface area contributed by atoms with Gasteiger partial charge in [-0.2, -0.15) is 0 Å². The fraction of sp³-hybridized carbons (Fsp3) is 0.208. The van der Waals surface area contributed by atoms with E-state index in [0.717, 1.165) is 21.2 Å². The number of anilines is 1. The number of nitrogens with one attached hydrogen (secondary N) is 2. The van der Waals surface area contributed by atoms with Crippen molar-refractivity contribution in [2.75, 3.05) is 19.0 Å². The first-order valence-corrected chi connectivity index (χ1v) is 12.3. The lowest BCUT2D eigenvalue weighted by atomic mass is 10.1. The van der Waals surface area contributed by atoms with Crippen molar-refractivity contribution >= 4 is 37.5 Å². The molecule has 1 amide bonds. The van der Waals surface area contributed by atoms with Gasteiger partial charge in [0.05, 0.1) is 7.11 Å². The molecule has 0 saturated heterocycles. The number of halogens is 1. The van der Waals surface area contributed by atoms with Crippen molar-refractivity contribution in [3.8, 4) is 5.75 Å². The zero-order chi connectivity index (χ0) is 23.3. The zero-order valence-electron chi connectivity index (χ0n) is 18.1. The molecule has 3 aromatic carbocycles. The van der Waals surface area contributed by atoms with Crippen LogP contribution in [0.5, 0.6) is 5.75 Å². The summed E-state index contributed by atoms with van der Waals surface area (Å²) in [5, 5.41) is 2.89.